The molecule has 0 bridgehead atoms. The highest BCUT2D eigenvalue weighted by atomic mass is 16.6. The van der Waals surface area contributed by atoms with Crippen LogP contribution in [-0.2, 0) is 67.8 Å². The van der Waals surface area contributed by atoms with E-state index in [4.69, 9.17) is 37.9 Å². The Hall–Kier alpha value is -6.39. The van der Waals surface area contributed by atoms with Gasteiger partial charge in [0.25, 0.3) is 0 Å². The van der Waals surface area contributed by atoms with Crippen LogP contribution < -0.4 is 19.3 Å². The van der Waals surface area contributed by atoms with Crippen LogP contribution >= 0.6 is 0 Å². The summed E-state index contributed by atoms with van der Waals surface area (Å²) in [6.07, 6.45) is 2.64. The van der Waals surface area contributed by atoms with Crippen molar-refractivity contribution in [3.8, 4) is 11.5 Å². The van der Waals surface area contributed by atoms with Gasteiger partial charge in [-0.2, -0.15) is 0 Å². The van der Waals surface area contributed by atoms with E-state index in [0.29, 0.717) is 65.8 Å². The second-order valence-corrected chi connectivity index (χ2v) is 15.8. The molecule has 0 N–H and O–H groups in total. The van der Waals surface area contributed by atoms with E-state index in [-0.39, 0.29) is 26.4 Å². The molecule has 0 aliphatic heterocycles. The van der Waals surface area contributed by atoms with E-state index in [1.165, 1.54) is 0 Å². The summed E-state index contributed by atoms with van der Waals surface area (Å²) in [5.74, 6) is 1.45. The predicted octanol–water partition coefficient (Wildman–Crippen LogP) is 7.98. The van der Waals surface area contributed by atoms with Crippen LogP contribution in [0, 0.1) is 0 Å². The monoisotopic (exact) mass is 907 g/mol. The van der Waals surface area contributed by atoms with Crippen LogP contribution in [0.4, 0.5) is 21.0 Å². The van der Waals surface area contributed by atoms with E-state index in [2.05, 4.69) is 4.98 Å². The number of amides is 2. The molecule has 0 fully saturated rings. The lowest BCUT2D eigenvalue weighted by molar-refractivity contribution is 0.0159. The Kier molecular flexibility index (Phi) is 21.3. The third-order valence-electron chi connectivity index (χ3n) is 10.2. The number of hydrogen-bond donors (Lipinski definition) is 0. The van der Waals surface area contributed by atoms with Crippen molar-refractivity contribution in [1.29, 1.82) is 0 Å². The number of anilines is 2. The molecule has 5 aromatic rings. The van der Waals surface area contributed by atoms with Crippen molar-refractivity contribution in [1.82, 2.24) is 14.8 Å². The molecule has 0 radical (unpaired) electrons. The molecule has 0 saturated heterocycles. The van der Waals surface area contributed by atoms with Crippen LogP contribution in [0.1, 0.15) is 33.4 Å². The van der Waals surface area contributed by atoms with Crippen molar-refractivity contribution < 1.29 is 47.5 Å². The third kappa shape index (κ3) is 17.9. The minimum absolute atomic E-state index is 0.107. The number of ether oxygens (including phenoxy) is 8. The van der Waals surface area contributed by atoms with Gasteiger partial charge >= 0.3 is 12.2 Å². The normalized spacial score (nSPS) is 10.9. The van der Waals surface area contributed by atoms with Crippen molar-refractivity contribution >= 4 is 23.6 Å². The Morgan fingerprint density at radius 1 is 0.439 bits per heavy atom. The molecule has 1 heterocycles. The lowest BCUT2D eigenvalue weighted by Gasteiger charge is -2.23. The van der Waals surface area contributed by atoms with E-state index < -0.39 is 12.2 Å². The van der Waals surface area contributed by atoms with E-state index >= 15 is 0 Å². The number of hydrogen-bond acceptors (Lipinski definition) is 13. The lowest BCUT2D eigenvalue weighted by Crippen LogP contribution is -2.31. The van der Waals surface area contributed by atoms with Crippen LogP contribution in [0.3, 0.4) is 0 Å². The molecular weight excluding hydrogens is 843 g/mol. The molecule has 66 heavy (non-hydrogen) atoms. The standard InChI is InChI=1S/C51H65N5O10/c1-53(2)46-17-13-40(14-18-46)34-55(36-42-9-7-11-48(30-42)59-5)50(57)65-27-25-61-21-23-63-38-44-29-45(33-52-32-44)39-64-24-22-62-26-28-66-51(58)56(37-43-10-8-12-49(31-43)60-6)35-41-15-19-47(20-16-41)54(3)4/h7-20,29-33H,21-28,34-39H2,1-6H3. The van der Waals surface area contributed by atoms with Gasteiger partial charge in [-0.1, -0.05) is 48.5 Å². The van der Waals surface area contributed by atoms with Gasteiger partial charge in [0.2, 0.25) is 0 Å². The van der Waals surface area contributed by atoms with Gasteiger partial charge < -0.3 is 47.7 Å². The minimum Gasteiger partial charge on any atom is -0.497 e. The number of carbonyl (C=O) groups is 2. The number of nitrogens with zero attached hydrogens (tertiary/aromatic N) is 5. The molecule has 1 aromatic heterocycles. The number of aromatic nitrogens is 1. The van der Waals surface area contributed by atoms with Crippen LogP contribution in [0.25, 0.3) is 0 Å². The first-order chi connectivity index (χ1) is 32.1. The summed E-state index contributed by atoms with van der Waals surface area (Å²) in [4.78, 5) is 38.2. The Morgan fingerprint density at radius 3 is 1.21 bits per heavy atom. The van der Waals surface area contributed by atoms with E-state index in [1.807, 2.05) is 141 Å². The first-order valence-corrected chi connectivity index (χ1v) is 22.0. The summed E-state index contributed by atoms with van der Waals surface area (Å²) < 4.78 is 45.0. The molecule has 4 aromatic carbocycles. The maximum atomic E-state index is 13.2. The van der Waals surface area contributed by atoms with Gasteiger partial charge in [-0.05, 0) is 88.0 Å². The van der Waals surface area contributed by atoms with Crippen molar-refractivity contribution in [2.75, 3.05) is 105 Å². The lowest BCUT2D eigenvalue weighted by atomic mass is 10.1. The number of pyridine rings is 1. The average molecular weight is 908 g/mol. The van der Waals surface area contributed by atoms with Gasteiger partial charge in [-0.3, -0.25) is 14.8 Å². The molecule has 0 unspecified atom stereocenters. The average Bonchev–Trinajstić information content (AvgIpc) is 3.33. The SMILES string of the molecule is COc1cccc(CN(Cc2ccc(N(C)C)cc2)C(=O)OCCOCCOCc2cncc(COCCOCCOC(=O)N(Cc3ccc(N(C)C)cc3)Cc3cccc(OC)c3)c2)c1. The molecule has 354 valence electrons. The smallest absolute Gasteiger partial charge is 0.410 e. The molecule has 0 aliphatic rings. The van der Waals surface area contributed by atoms with Gasteiger partial charge in [-0.15, -0.1) is 0 Å². The predicted molar refractivity (Wildman–Crippen MR) is 254 cm³/mol. The molecule has 15 heteroatoms. The van der Waals surface area contributed by atoms with Crippen LogP contribution in [-0.4, -0.2) is 122 Å². The molecule has 5 rings (SSSR count). The Bertz CT molecular complexity index is 2040. The second-order valence-electron chi connectivity index (χ2n) is 15.8. The molecule has 15 nitrogen and oxygen atoms in total. The minimum atomic E-state index is -0.431. The van der Waals surface area contributed by atoms with Crippen LogP contribution in [0.15, 0.2) is 116 Å². The Labute approximate surface area is 389 Å². The van der Waals surface area contributed by atoms with E-state index in [1.54, 1.807) is 36.4 Å². The fourth-order valence-electron chi connectivity index (χ4n) is 6.67. The highest BCUT2D eigenvalue weighted by molar-refractivity contribution is 5.68. The number of methoxy groups -OCH3 is 2. The molecule has 0 atom stereocenters. The molecule has 0 aliphatic carbocycles. The topological polar surface area (TPSA) is 134 Å². The van der Waals surface area contributed by atoms with Gasteiger partial charge in [-0.25, -0.2) is 9.59 Å². The van der Waals surface area contributed by atoms with E-state index in [9.17, 15) is 9.59 Å². The second kappa shape index (κ2) is 27.8. The van der Waals surface area contributed by atoms with Crippen molar-refractivity contribution in [2.45, 2.75) is 39.4 Å². The maximum absolute atomic E-state index is 13.2. The van der Waals surface area contributed by atoms with Gasteiger partial charge in [0.05, 0.1) is 67.1 Å². The molecule has 2 amide bonds. The Balaban J connectivity index is 0.939. The number of rotatable bonds is 28. The summed E-state index contributed by atoms with van der Waals surface area (Å²) >= 11 is 0. The molecule has 0 saturated carbocycles. The van der Waals surface area contributed by atoms with E-state index in [0.717, 1.165) is 56.3 Å². The summed E-state index contributed by atoms with van der Waals surface area (Å²) in [5.41, 5.74) is 7.81. The van der Waals surface area contributed by atoms with Gasteiger partial charge in [0.15, 0.2) is 0 Å². The van der Waals surface area contributed by atoms with Crippen molar-refractivity contribution in [3.63, 3.8) is 0 Å². The van der Waals surface area contributed by atoms with Crippen molar-refractivity contribution in [2.24, 2.45) is 0 Å². The van der Waals surface area contributed by atoms with Gasteiger partial charge in [0.1, 0.15) is 24.7 Å². The largest absolute Gasteiger partial charge is 0.497 e. The fraction of sp³-hybridized carbons (Fsp3) is 0.392. The Morgan fingerprint density at radius 2 is 0.818 bits per heavy atom. The zero-order valence-corrected chi connectivity index (χ0v) is 39.2. The third-order valence-corrected chi connectivity index (χ3v) is 10.2. The zero-order chi connectivity index (χ0) is 46.9. The highest BCUT2D eigenvalue weighted by Crippen LogP contribution is 2.21. The number of carbonyl (C=O) groups excluding carboxylic acids is 2. The summed E-state index contributed by atoms with van der Waals surface area (Å²) in [6, 6.07) is 33.4. The quantitative estimate of drug-likeness (QED) is 0.0450. The number of benzene rings is 4. The summed E-state index contributed by atoms with van der Waals surface area (Å²) in [5, 5.41) is 0. The summed E-state index contributed by atoms with van der Waals surface area (Å²) in [6.45, 7) is 4.29. The highest BCUT2D eigenvalue weighted by Gasteiger charge is 2.19. The van der Waals surface area contributed by atoms with Gasteiger partial charge in [0, 0.05) is 78.1 Å². The van der Waals surface area contributed by atoms with Crippen LogP contribution in [0.5, 0.6) is 11.5 Å². The zero-order valence-electron chi connectivity index (χ0n) is 39.2. The molecular formula is C51H65N5O10. The molecule has 0 spiro atoms. The fourth-order valence-corrected chi connectivity index (χ4v) is 6.67. The van der Waals surface area contributed by atoms with Crippen LogP contribution in [0.2, 0.25) is 0 Å². The first-order valence-electron chi connectivity index (χ1n) is 22.0. The van der Waals surface area contributed by atoms with Crippen molar-refractivity contribution in [3.05, 3.63) is 149 Å². The first kappa shape index (κ1) is 50.6. The maximum Gasteiger partial charge on any atom is 0.410 e. The summed E-state index contributed by atoms with van der Waals surface area (Å²) in [7, 11) is 11.2.